The van der Waals surface area contributed by atoms with E-state index in [2.05, 4.69) is 5.32 Å². The van der Waals surface area contributed by atoms with Gasteiger partial charge in [0.1, 0.15) is 11.6 Å². The molecular weight excluding hydrogens is 184 g/mol. The predicted molar refractivity (Wildman–Crippen MR) is 53.2 cm³/mol. The molecule has 1 aromatic carbocycles. The molecular formula is C11H15F2N. The molecule has 0 aromatic heterocycles. The van der Waals surface area contributed by atoms with Crippen molar-refractivity contribution in [3.63, 3.8) is 0 Å². The van der Waals surface area contributed by atoms with Crippen LogP contribution < -0.4 is 5.32 Å². The van der Waals surface area contributed by atoms with Gasteiger partial charge >= 0.3 is 0 Å². The predicted octanol–water partition coefficient (Wildman–Crippen LogP) is 2.51. The highest BCUT2D eigenvalue weighted by atomic mass is 19.1. The highest BCUT2D eigenvalue weighted by Gasteiger charge is 2.06. The first-order chi connectivity index (χ1) is 6.65. The number of halogens is 2. The van der Waals surface area contributed by atoms with Crippen molar-refractivity contribution in [3.8, 4) is 0 Å². The van der Waals surface area contributed by atoms with Crippen LogP contribution in [0.15, 0.2) is 18.2 Å². The van der Waals surface area contributed by atoms with Crippen LogP contribution in [0.5, 0.6) is 0 Å². The Morgan fingerprint density at radius 2 is 1.79 bits per heavy atom. The molecule has 1 unspecified atom stereocenters. The zero-order valence-electron chi connectivity index (χ0n) is 8.48. The molecule has 0 aliphatic rings. The average molecular weight is 199 g/mol. The van der Waals surface area contributed by atoms with E-state index in [0.717, 1.165) is 12.5 Å². The van der Waals surface area contributed by atoms with E-state index in [0.29, 0.717) is 12.0 Å². The Kier molecular flexibility index (Phi) is 4.01. The number of hydrogen-bond donors (Lipinski definition) is 1. The normalized spacial score (nSPS) is 12.9. The molecule has 78 valence electrons. The largest absolute Gasteiger partial charge is 0.317 e. The molecule has 1 rings (SSSR count). The molecule has 0 fully saturated rings. The maximum absolute atomic E-state index is 12.8. The van der Waals surface area contributed by atoms with Crippen LogP contribution >= 0.6 is 0 Å². The maximum Gasteiger partial charge on any atom is 0.126 e. The molecule has 14 heavy (non-hydrogen) atoms. The van der Waals surface area contributed by atoms with E-state index in [9.17, 15) is 8.78 Å². The van der Waals surface area contributed by atoms with Crippen LogP contribution in [0.4, 0.5) is 8.78 Å². The standard InChI is InChI=1S/C11H15F2N/c1-3-11(14-2)6-8-4-9(12)7-10(13)5-8/h4-5,7,11,14H,3,6H2,1-2H3. The second-order valence-corrected chi connectivity index (χ2v) is 3.38. The molecule has 0 radical (unpaired) electrons. The third-order valence-corrected chi connectivity index (χ3v) is 2.31. The first kappa shape index (κ1) is 11.1. The quantitative estimate of drug-likeness (QED) is 0.785. The summed E-state index contributed by atoms with van der Waals surface area (Å²) in [7, 11) is 1.85. The van der Waals surface area contributed by atoms with E-state index >= 15 is 0 Å². The van der Waals surface area contributed by atoms with Gasteiger partial charge in [0, 0.05) is 12.1 Å². The Labute approximate surface area is 83.1 Å². The molecule has 0 saturated heterocycles. The molecule has 0 spiro atoms. The van der Waals surface area contributed by atoms with Gasteiger partial charge in [0.15, 0.2) is 0 Å². The van der Waals surface area contributed by atoms with E-state index in [1.807, 2.05) is 14.0 Å². The van der Waals surface area contributed by atoms with Crippen molar-refractivity contribution >= 4 is 0 Å². The third kappa shape index (κ3) is 3.07. The molecule has 0 amide bonds. The van der Waals surface area contributed by atoms with Gasteiger partial charge in [-0.1, -0.05) is 6.92 Å². The Balaban J connectivity index is 2.75. The summed E-state index contributed by atoms with van der Waals surface area (Å²) < 4.78 is 25.7. The minimum absolute atomic E-state index is 0.274. The monoisotopic (exact) mass is 199 g/mol. The molecule has 1 atom stereocenters. The van der Waals surface area contributed by atoms with Crippen LogP contribution in [-0.2, 0) is 6.42 Å². The minimum atomic E-state index is -0.508. The topological polar surface area (TPSA) is 12.0 Å². The summed E-state index contributed by atoms with van der Waals surface area (Å²) in [5, 5.41) is 3.09. The number of hydrogen-bond acceptors (Lipinski definition) is 1. The molecule has 0 bridgehead atoms. The maximum atomic E-state index is 12.8. The van der Waals surface area contributed by atoms with Crippen LogP contribution in [-0.4, -0.2) is 13.1 Å². The minimum Gasteiger partial charge on any atom is -0.317 e. The van der Waals surface area contributed by atoms with Gasteiger partial charge in [-0.05, 0) is 37.6 Å². The average Bonchev–Trinajstić information content (AvgIpc) is 2.12. The van der Waals surface area contributed by atoms with Gasteiger partial charge in [0.2, 0.25) is 0 Å². The number of benzene rings is 1. The second kappa shape index (κ2) is 5.05. The van der Waals surface area contributed by atoms with Gasteiger partial charge in [-0.2, -0.15) is 0 Å². The van der Waals surface area contributed by atoms with Gasteiger partial charge in [0.05, 0.1) is 0 Å². The first-order valence-corrected chi connectivity index (χ1v) is 4.78. The molecule has 1 nitrogen and oxygen atoms in total. The van der Waals surface area contributed by atoms with Crippen LogP contribution in [0.25, 0.3) is 0 Å². The SMILES string of the molecule is CCC(Cc1cc(F)cc(F)c1)NC. The lowest BCUT2D eigenvalue weighted by atomic mass is 10.0. The summed E-state index contributed by atoms with van der Waals surface area (Å²) in [5.41, 5.74) is 0.698. The molecule has 0 saturated carbocycles. The van der Waals surface area contributed by atoms with Crippen molar-refractivity contribution < 1.29 is 8.78 Å². The van der Waals surface area contributed by atoms with Crippen molar-refractivity contribution in [2.75, 3.05) is 7.05 Å². The van der Waals surface area contributed by atoms with Crippen LogP contribution in [0.1, 0.15) is 18.9 Å². The van der Waals surface area contributed by atoms with E-state index in [1.54, 1.807) is 0 Å². The lowest BCUT2D eigenvalue weighted by molar-refractivity contribution is 0.533. The summed E-state index contributed by atoms with van der Waals surface area (Å²) in [5.74, 6) is -1.02. The summed E-state index contributed by atoms with van der Waals surface area (Å²) in [6.45, 7) is 2.04. The molecule has 1 aromatic rings. The number of nitrogens with one attached hydrogen (secondary N) is 1. The fraction of sp³-hybridized carbons (Fsp3) is 0.455. The summed E-state index contributed by atoms with van der Waals surface area (Å²) in [6.07, 6.45) is 1.59. The van der Waals surface area contributed by atoms with Crippen LogP contribution in [0, 0.1) is 11.6 Å². The third-order valence-electron chi connectivity index (χ3n) is 2.31. The molecule has 0 aliphatic heterocycles. The Hall–Kier alpha value is -0.960. The molecule has 1 N–H and O–H groups in total. The highest BCUT2D eigenvalue weighted by Crippen LogP contribution is 2.10. The van der Waals surface area contributed by atoms with E-state index in [1.165, 1.54) is 12.1 Å². The fourth-order valence-corrected chi connectivity index (χ4v) is 1.46. The Morgan fingerprint density at radius 3 is 2.21 bits per heavy atom. The van der Waals surface area contributed by atoms with E-state index in [4.69, 9.17) is 0 Å². The van der Waals surface area contributed by atoms with Gasteiger partial charge < -0.3 is 5.32 Å². The second-order valence-electron chi connectivity index (χ2n) is 3.38. The summed E-state index contributed by atoms with van der Waals surface area (Å²) in [6, 6.07) is 3.92. The van der Waals surface area contributed by atoms with Gasteiger partial charge in [-0.15, -0.1) is 0 Å². The van der Waals surface area contributed by atoms with Crippen molar-refractivity contribution in [1.82, 2.24) is 5.32 Å². The number of likely N-dealkylation sites (N-methyl/N-ethyl adjacent to an activating group) is 1. The van der Waals surface area contributed by atoms with Crippen molar-refractivity contribution in [3.05, 3.63) is 35.4 Å². The van der Waals surface area contributed by atoms with Crippen molar-refractivity contribution in [1.29, 1.82) is 0 Å². The van der Waals surface area contributed by atoms with E-state index < -0.39 is 11.6 Å². The smallest absolute Gasteiger partial charge is 0.126 e. The first-order valence-electron chi connectivity index (χ1n) is 4.78. The lowest BCUT2D eigenvalue weighted by Gasteiger charge is -2.13. The summed E-state index contributed by atoms with van der Waals surface area (Å²) in [4.78, 5) is 0. The fourth-order valence-electron chi connectivity index (χ4n) is 1.46. The molecule has 0 aliphatic carbocycles. The highest BCUT2D eigenvalue weighted by molar-refractivity contribution is 5.18. The van der Waals surface area contributed by atoms with Gasteiger partial charge in [-0.25, -0.2) is 8.78 Å². The van der Waals surface area contributed by atoms with Crippen molar-refractivity contribution in [2.45, 2.75) is 25.8 Å². The molecule has 0 heterocycles. The van der Waals surface area contributed by atoms with Crippen LogP contribution in [0.3, 0.4) is 0 Å². The summed E-state index contributed by atoms with van der Waals surface area (Å²) >= 11 is 0. The Morgan fingerprint density at radius 1 is 1.21 bits per heavy atom. The van der Waals surface area contributed by atoms with E-state index in [-0.39, 0.29) is 6.04 Å². The number of rotatable bonds is 4. The zero-order chi connectivity index (χ0) is 10.6. The molecule has 3 heteroatoms. The zero-order valence-corrected chi connectivity index (χ0v) is 8.48. The Bertz CT molecular complexity index is 275. The lowest BCUT2D eigenvalue weighted by Crippen LogP contribution is -2.26. The van der Waals surface area contributed by atoms with Crippen LogP contribution in [0.2, 0.25) is 0 Å². The van der Waals surface area contributed by atoms with Gasteiger partial charge in [-0.3, -0.25) is 0 Å². The van der Waals surface area contributed by atoms with Crippen molar-refractivity contribution in [2.24, 2.45) is 0 Å². The van der Waals surface area contributed by atoms with Gasteiger partial charge in [0.25, 0.3) is 0 Å².